The summed E-state index contributed by atoms with van der Waals surface area (Å²) in [5, 5.41) is 0. The fourth-order valence-corrected chi connectivity index (χ4v) is 1.83. The van der Waals surface area contributed by atoms with Crippen LogP contribution in [0.2, 0.25) is 0 Å². The highest BCUT2D eigenvalue weighted by molar-refractivity contribution is 4.71. The first-order valence-electron chi connectivity index (χ1n) is 4.40. The Bertz CT molecular complexity index is 90.3. The minimum absolute atomic E-state index is 1.25. The first-order valence-corrected chi connectivity index (χ1v) is 4.40. The Kier molecular flexibility index (Phi) is 1.91. The highest BCUT2D eigenvalue weighted by Crippen LogP contribution is 2.15. The summed E-state index contributed by atoms with van der Waals surface area (Å²) in [5.41, 5.74) is 0. The van der Waals surface area contributed by atoms with Crippen molar-refractivity contribution in [3.05, 3.63) is 0 Å². The van der Waals surface area contributed by atoms with Gasteiger partial charge in [-0.3, -0.25) is 9.80 Å². The molecule has 3 heterocycles. The Labute approximate surface area is 62.8 Å². The zero-order chi connectivity index (χ0) is 6.81. The first-order chi connectivity index (χ1) is 4.95. The van der Waals surface area contributed by atoms with Crippen LogP contribution in [-0.2, 0) is 0 Å². The summed E-state index contributed by atoms with van der Waals surface area (Å²) in [6, 6.07) is 0. The van der Waals surface area contributed by atoms with E-state index in [9.17, 15) is 0 Å². The van der Waals surface area contributed by atoms with Crippen LogP contribution in [0, 0.1) is 0 Å². The number of fused-ring (bicyclic) bond motifs is 5. The molecule has 0 aromatic rings. The molecule has 2 heteroatoms. The van der Waals surface area contributed by atoms with Crippen molar-refractivity contribution in [2.24, 2.45) is 0 Å². The van der Waals surface area contributed by atoms with Crippen molar-refractivity contribution >= 4 is 0 Å². The Hall–Kier alpha value is -0.0800. The van der Waals surface area contributed by atoms with E-state index in [0.717, 1.165) is 0 Å². The molecule has 0 N–H and O–H groups in total. The Morgan fingerprint density at radius 1 is 0.600 bits per heavy atom. The fourth-order valence-electron chi connectivity index (χ4n) is 1.83. The van der Waals surface area contributed by atoms with Gasteiger partial charge < -0.3 is 0 Å². The van der Waals surface area contributed by atoms with Gasteiger partial charge in [-0.05, 0) is 12.8 Å². The third-order valence-electron chi connectivity index (χ3n) is 2.50. The highest BCUT2D eigenvalue weighted by Gasteiger charge is 2.22. The standard InChI is InChI=1S/C8H16N2/c1-2-4-6-10-7-9(8-10)5-3-1/h1-8H2. The highest BCUT2D eigenvalue weighted by atomic mass is 15.5. The van der Waals surface area contributed by atoms with Crippen LogP contribution in [0.4, 0.5) is 0 Å². The molecule has 3 fully saturated rings. The van der Waals surface area contributed by atoms with Crippen LogP contribution in [-0.4, -0.2) is 36.2 Å². The zero-order valence-corrected chi connectivity index (χ0v) is 6.55. The Morgan fingerprint density at radius 3 is 1.60 bits per heavy atom. The van der Waals surface area contributed by atoms with Gasteiger partial charge in [-0.2, -0.15) is 0 Å². The van der Waals surface area contributed by atoms with Gasteiger partial charge in [0, 0.05) is 13.1 Å². The van der Waals surface area contributed by atoms with Crippen molar-refractivity contribution < 1.29 is 0 Å². The second kappa shape index (κ2) is 2.89. The van der Waals surface area contributed by atoms with E-state index < -0.39 is 0 Å². The van der Waals surface area contributed by atoms with Crippen molar-refractivity contribution in [3.8, 4) is 0 Å². The van der Waals surface area contributed by atoms with Crippen LogP contribution >= 0.6 is 0 Å². The van der Waals surface area contributed by atoms with E-state index in [-0.39, 0.29) is 0 Å². The Morgan fingerprint density at radius 2 is 1.10 bits per heavy atom. The van der Waals surface area contributed by atoms with Gasteiger partial charge in [0.25, 0.3) is 0 Å². The summed E-state index contributed by atoms with van der Waals surface area (Å²) in [6.07, 6.45) is 5.75. The summed E-state index contributed by atoms with van der Waals surface area (Å²) in [5.74, 6) is 0. The lowest BCUT2D eigenvalue weighted by Crippen LogP contribution is -2.54. The van der Waals surface area contributed by atoms with Crippen LogP contribution in [0.5, 0.6) is 0 Å². The molecule has 0 aliphatic carbocycles. The maximum atomic E-state index is 2.53. The van der Waals surface area contributed by atoms with E-state index in [1.165, 1.54) is 52.1 Å². The summed E-state index contributed by atoms with van der Waals surface area (Å²) in [6.45, 7) is 5.19. The predicted molar refractivity (Wildman–Crippen MR) is 41.6 cm³/mol. The third kappa shape index (κ3) is 1.32. The molecule has 0 aromatic carbocycles. The van der Waals surface area contributed by atoms with E-state index in [2.05, 4.69) is 9.80 Å². The second-order valence-electron chi connectivity index (χ2n) is 3.49. The van der Waals surface area contributed by atoms with Crippen LogP contribution in [0.3, 0.4) is 0 Å². The monoisotopic (exact) mass is 140 g/mol. The summed E-state index contributed by atoms with van der Waals surface area (Å²) in [4.78, 5) is 5.07. The molecule has 3 aliphatic heterocycles. The molecular weight excluding hydrogens is 124 g/mol. The van der Waals surface area contributed by atoms with Gasteiger partial charge in [0.2, 0.25) is 0 Å². The molecule has 0 atom stereocenters. The first kappa shape index (κ1) is 6.62. The van der Waals surface area contributed by atoms with Crippen LogP contribution in [0.25, 0.3) is 0 Å². The molecule has 3 aliphatic rings. The van der Waals surface area contributed by atoms with E-state index >= 15 is 0 Å². The number of nitrogens with zero attached hydrogens (tertiary/aromatic N) is 2. The molecule has 58 valence electrons. The van der Waals surface area contributed by atoms with Crippen molar-refractivity contribution in [2.75, 3.05) is 26.4 Å². The van der Waals surface area contributed by atoms with E-state index in [1.807, 2.05) is 0 Å². The lowest BCUT2D eigenvalue weighted by atomic mass is 10.2. The molecule has 10 heavy (non-hydrogen) atoms. The molecule has 0 amide bonds. The van der Waals surface area contributed by atoms with Gasteiger partial charge >= 0.3 is 0 Å². The van der Waals surface area contributed by atoms with Gasteiger partial charge in [-0.1, -0.05) is 12.8 Å². The SMILES string of the molecule is C1CCCN2CN(CC1)C2. The second-order valence-corrected chi connectivity index (χ2v) is 3.49. The maximum Gasteiger partial charge on any atom is 0.0529 e. The van der Waals surface area contributed by atoms with E-state index in [4.69, 9.17) is 0 Å². The zero-order valence-electron chi connectivity index (χ0n) is 6.55. The molecule has 2 nitrogen and oxygen atoms in total. The number of hydrogen-bond acceptors (Lipinski definition) is 2. The molecular formula is C8H16N2. The van der Waals surface area contributed by atoms with Crippen molar-refractivity contribution in [1.29, 1.82) is 0 Å². The van der Waals surface area contributed by atoms with Gasteiger partial charge in [-0.25, -0.2) is 0 Å². The smallest absolute Gasteiger partial charge is 0.0529 e. The van der Waals surface area contributed by atoms with Gasteiger partial charge in [0.1, 0.15) is 0 Å². The average Bonchev–Trinajstić information content (AvgIpc) is 1.98. The predicted octanol–water partition coefficient (Wildman–Crippen LogP) is 1.09. The van der Waals surface area contributed by atoms with Crippen molar-refractivity contribution in [1.82, 2.24) is 9.80 Å². The lowest BCUT2D eigenvalue weighted by Gasteiger charge is -2.41. The Balaban J connectivity index is 1.81. The quantitative estimate of drug-likeness (QED) is 0.497. The minimum Gasteiger partial charge on any atom is -0.277 e. The normalized spacial score (nSPS) is 40.8. The van der Waals surface area contributed by atoms with Gasteiger partial charge in [0.15, 0.2) is 0 Å². The van der Waals surface area contributed by atoms with Gasteiger partial charge in [-0.15, -0.1) is 0 Å². The van der Waals surface area contributed by atoms with Gasteiger partial charge in [0.05, 0.1) is 13.3 Å². The largest absolute Gasteiger partial charge is 0.277 e. The minimum atomic E-state index is 1.25. The maximum absolute atomic E-state index is 2.53. The number of rotatable bonds is 0. The van der Waals surface area contributed by atoms with Crippen LogP contribution < -0.4 is 0 Å². The van der Waals surface area contributed by atoms with Crippen molar-refractivity contribution in [2.45, 2.75) is 25.7 Å². The van der Waals surface area contributed by atoms with Crippen LogP contribution in [0.1, 0.15) is 25.7 Å². The van der Waals surface area contributed by atoms with Crippen molar-refractivity contribution in [3.63, 3.8) is 0 Å². The lowest BCUT2D eigenvalue weighted by molar-refractivity contribution is -0.0264. The molecule has 0 unspecified atom stereocenters. The fraction of sp³-hybridized carbons (Fsp3) is 1.00. The molecule has 0 radical (unpaired) electrons. The third-order valence-corrected chi connectivity index (χ3v) is 2.50. The van der Waals surface area contributed by atoms with Crippen LogP contribution in [0.15, 0.2) is 0 Å². The average molecular weight is 140 g/mol. The topological polar surface area (TPSA) is 6.48 Å². The molecule has 3 saturated heterocycles. The molecule has 0 spiro atoms. The molecule has 0 saturated carbocycles. The molecule has 0 aromatic heterocycles. The van der Waals surface area contributed by atoms with E-state index in [0.29, 0.717) is 0 Å². The summed E-state index contributed by atoms with van der Waals surface area (Å²) < 4.78 is 0. The molecule has 3 rings (SSSR count). The summed E-state index contributed by atoms with van der Waals surface area (Å²) in [7, 11) is 0. The number of hydrogen-bond donors (Lipinski definition) is 0. The summed E-state index contributed by atoms with van der Waals surface area (Å²) >= 11 is 0. The molecule has 2 bridgehead atoms. The van der Waals surface area contributed by atoms with E-state index in [1.54, 1.807) is 0 Å².